The Bertz CT molecular complexity index is 649. The van der Waals surface area contributed by atoms with E-state index >= 15 is 0 Å². The second kappa shape index (κ2) is 5.18. The summed E-state index contributed by atoms with van der Waals surface area (Å²) in [6.45, 7) is 0.657. The van der Waals surface area contributed by atoms with Crippen molar-refractivity contribution in [1.29, 1.82) is 0 Å². The number of fused-ring (bicyclic) bond motifs is 1. The predicted octanol–water partition coefficient (Wildman–Crippen LogP) is 2.80. The van der Waals surface area contributed by atoms with Crippen molar-refractivity contribution in [3.05, 3.63) is 53.1 Å². The molecule has 21 heavy (non-hydrogen) atoms. The van der Waals surface area contributed by atoms with Crippen molar-refractivity contribution in [2.45, 2.75) is 38.1 Å². The fourth-order valence-electron chi connectivity index (χ4n) is 2.70. The standard InChI is InChI=1S/C15H15F3N2O/c16-15(17,18)13-4-2-1-3-10(13)7-11-9-20-6-5-12(21)8-14(20)19-11/h1-4,9,12,21H,5-8H2. The first kappa shape index (κ1) is 14.1. The Morgan fingerprint density at radius 2 is 2.05 bits per heavy atom. The van der Waals surface area contributed by atoms with Gasteiger partial charge in [-0.05, 0) is 18.1 Å². The smallest absolute Gasteiger partial charge is 0.393 e. The maximum atomic E-state index is 13.0. The number of aliphatic hydroxyl groups excluding tert-OH is 1. The average molecular weight is 296 g/mol. The van der Waals surface area contributed by atoms with Gasteiger partial charge in [0.25, 0.3) is 0 Å². The van der Waals surface area contributed by atoms with Gasteiger partial charge < -0.3 is 9.67 Å². The topological polar surface area (TPSA) is 38.0 Å². The van der Waals surface area contributed by atoms with Gasteiger partial charge in [0.05, 0.1) is 17.4 Å². The Morgan fingerprint density at radius 3 is 2.81 bits per heavy atom. The highest BCUT2D eigenvalue weighted by atomic mass is 19.4. The van der Waals surface area contributed by atoms with Crippen molar-refractivity contribution >= 4 is 0 Å². The van der Waals surface area contributed by atoms with Gasteiger partial charge >= 0.3 is 6.18 Å². The molecule has 0 saturated heterocycles. The first-order valence-corrected chi connectivity index (χ1v) is 6.81. The van der Waals surface area contributed by atoms with Gasteiger partial charge in [0.1, 0.15) is 5.82 Å². The van der Waals surface area contributed by atoms with E-state index in [0.717, 1.165) is 11.9 Å². The van der Waals surface area contributed by atoms with Gasteiger partial charge in [0.15, 0.2) is 0 Å². The average Bonchev–Trinajstić information content (AvgIpc) is 2.79. The second-order valence-corrected chi connectivity index (χ2v) is 5.32. The minimum Gasteiger partial charge on any atom is -0.393 e. The maximum Gasteiger partial charge on any atom is 0.416 e. The number of rotatable bonds is 2. The summed E-state index contributed by atoms with van der Waals surface area (Å²) in [7, 11) is 0. The van der Waals surface area contributed by atoms with E-state index in [4.69, 9.17) is 0 Å². The van der Waals surface area contributed by atoms with E-state index < -0.39 is 17.8 Å². The van der Waals surface area contributed by atoms with Crippen LogP contribution < -0.4 is 0 Å². The van der Waals surface area contributed by atoms with Crippen LogP contribution in [0.15, 0.2) is 30.5 Å². The minimum absolute atomic E-state index is 0.145. The third-order valence-corrected chi connectivity index (χ3v) is 3.72. The molecule has 0 radical (unpaired) electrons. The molecule has 1 aromatic carbocycles. The summed E-state index contributed by atoms with van der Waals surface area (Å²) >= 11 is 0. The lowest BCUT2D eigenvalue weighted by Crippen LogP contribution is -2.22. The summed E-state index contributed by atoms with van der Waals surface area (Å²) in [5.41, 5.74) is 0.216. The summed E-state index contributed by atoms with van der Waals surface area (Å²) in [6, 6.07) is 5.57. The van der Waals surface area contributed by atoms with Gasteiger partial charge in [-0.3, -0.25) is 0 Å². The van der Waals surface area contributed by atoms with E-state index in [2.05, 4.69) is 4.98 Å². The molecule has 0 spiro atoms. The maximum absolute atomic E-state index is 13.0. The first-order valence-electron chi connectivity index (χ1n) is 6.81. The minimum atomic E-state index is -4.36. The Balaban J connectivity index is 1.88. The number of aliphatic hydroxyl groups is 1. The molecular weight excluding hydrogens is 281 g/mol. The Labute approximate surface area is 120 Å². The third-order valence-electron chi connectivity index (χ3n) is 3.72. The number of hydrogen-bond acceptors (Lipinski definition) is 2. The van der Waals surface area contributed by atoms with Crippen molar-refractivity contribution in [1.82, 2.24) is 9.55 Å². The van der Waals surface area contributed by atoms with Crippen molar-refractivity contribution in [3.63, 3.8) is 0 Å². The van der Waals surface area contributed by atoms with Gasteiger partial charge in [-0.15, -0.1) is 0 Å². The molecule has 1 aliphatic heterocycles. The summed E-state index contributed by atoms with van der Waals surface area (Å²) in [5.74, 6) is 0.744. The van der Waals surface area contributed by atoms with Gasteiger partial charge in [0.2, 0.25) is 0 Å². The first-order chi connectivity index (χ1) is 9.93. The molecule has 0 aliphatic carbocycles. The van der Waals surface area contributed by atoms with E-state index in [1.54, 1.807) is 12.3 Å². The normalized spacial score (nSPS) is 18.6. The summed E-state index contributed by atoms with van der Waals surface area (Å²) < 4.78 is 40.8. The molecule has 1 aliphatic rings. The van der Waals surface area contributed by atoms with Crippen molar-refractivity contribution < 1.29 is 18.3 Å². The van der Waals surface area contributed by atoms with Crippen LogP contribution in [0.4, 0.5) is 13.2 Å². The summed E-state index contributed by atoms with van der Waals surface area (Å²) in [4.78, 5) is 4.36. The third kappa shape index (κ3) is 2.95. The Hall–Kier alpha value is -1.82. The van der Waals surface area contributed by atoms with Crippen LogP contribution in [-0.4, -0.2) is 20.8 Å². The van der Waals surface area contributed by atoms with Gasteiger partial charge in [-0.25, -0.2) is 4.98 Å². The van der Waals surface area contributed by atoms with Crippen LogP contribution in [-0.2, 0) is 25.6 Å². The molecule has 2 aromatic rings. The van der Waals surface area contributed by atoms with Crippen LogP contribution in [0.5, 0.6) is 0 Å². The molecule has 1 N–H and O–H groups in total. The SMILES string of the molecule is OC1CCn2cc(Cc3ccccc3C(F)(F)F)nc2C1. The summed E-state index contributed by atoms with van der Waals surface area (Å²) in [5, 5.41) is 9.60. The van der Waals surface area contributed by atoms with Crippen molar-refractivity contribution in [2.24, 2.45) is 0 Å². The molecular formula is C15H15F3N2O. The van der Waals surface area contributed by atoms with E-state index in [1.165, 1.54) is 12.1 Å². The van der Waals surface area contributed by atoms with E-state index in [9.17, 15) is 18.3 Å². The van der Waals surface area contributed by atoms with E-state index in [0.29, 0.717) is 25.1 Å². The fraction of sp³-hybridized carbons (Fsp3) is 0.400. The lowest BCUT2D eigenvalue weighted by atomic mass is 10.0. The van der Waals surface area contributed by atoms with Gasteiger partial charge in [-0.1, -0.05) is 18.2 Å². The quantitative estimate of drug-likeness (QED) is 0.925. The number of halogens is 3. The Morgan fingerprint density at radius 1 is 1.29 bits per heavy atom. The molecule has 1 unspecified atom stereocenters. The number of imidazole rings is 1. The van der Waals surface area contributed by atoms with Crippen molar-refractivity contribution in [3.8, 4) is 0 Å². The molecule has 1 aromatic heterocycles. The van der Waals surface area contributed by atoms with Crippen LogP contribution in [0, 0.1) is 0 Å². The lowest BCUT2D eigenvalue weighted by molar-refractivity contribution is -0.138. The van der Waals surface area contributed by atoms with Crippen molar-refractivity contribution in [2.75, 3.05) is 0 Å². The van der Waals surface area contributed by atoms with E-state index in [1.807, 2.05) is 4.57 Å². The monoisotopic (exact) mass is 296 g/mol. The van der Waals surface area contributed by atoms with Crippen LogP contribution in [0.3, 0.4) is 0 Å². The molecule has 1 atom stereocenters. The number of nitrogens with zero attached hydrogens (tertiary/aromatic N) is 2. The second-order valence-electron chi connectivity index (χ2n) is 5.32. The number of benzene rings is 1. The molecule has 0 amide bonds. The zero-order valence-corrected chi connectivity index (χ0v) is 11.3. The zero-order chi connectivity index (χ0) is 15.0. The highest BCUT2D eigenvalue weighted by Crippen LogP contribution is 2.32. The number of aryl methyl sites for hydroxylation is 1. The van der Waals surface area contributed by atoms with Gasteiger partial charge in [0, 0.05) is 25.6 Å². The molecule has 3 rings (SSSR count). The van der Waals surface area contributed by atoms with Gasteiger partial charge in [-0.2, -0.15) is 13.2 Å². The molecule has 112 valence electrons. The van der Waals surface area contributed by atoms with Crippen LogP contribution in [0.1, 0.15) is 29.1 Å². The van der Waals surface area contributed by atoms with Crippen LogP contribution in [0.2, 0.25) is 0 Å². The molecule has 0 bridgehead atoms. The Kier molecular flexibility index (Phi) is 3.49. The highest BCUT2D eigenvalue weighted by Gasteiger charge is 2.33. The molecule has 6 heteroatoms. The van der Waals surface area contributed by atoms with E-state index in [-0.39, 0.29) is 12.0 Å². The molecule has 0 fully saturated rings. The number of hydrogen-bond donors (Lipinski definition) is 1. The summed E-state index contributed by atoms with van der Waals surface area (Å²) in [6.07, 6.45) is -1.72. The van der Waals surface area contributed by atoms with Crippen LogP contribution >= 0.6 is 0 Å². The zero-order valence-electron chi connectivity index (χ0n) is 11.3. The predicted molar refractivity (Wildman–Crippen MR) is 70.8 cm³/mol. The number of aromatic nitrogens is 2. The fourth-order valence-corrected chi connectivity index (χ4v) is 2.70. The van der Waals surface area contributed by atoms with Crippen LogP contribution in [0.25, 0.3) is 0 Å². The highest BCUT2D eigenvalue weighted by molar-refractivity contribution is 5.33. The molecule has 2 heterocycles. The largest absolute Gasteiger partial charge is 0.416 e. The lowest BCUT2D eigenvalue weighted by Gasteiger charge is -2.18. The number of alkyl halides is 3. The molecule has 0 saturated carbocycles. The molecule has 3 nitrogen and oxygen atoms in total.